The summed E-state index contributed by atoms with van der Waals surface area (Å²) >= 11 is 4.73. The van der Waals surface area contributed by atoms with Crippen LogP contribution in [0.2, 0.25) is 0 Å². The summed E-state index contributed by atoms with van der Waals surface area (Å²) in [6, 6.07) is 13.1. The second-order valence-electron chi connectivity index (χ2n) is 3.85. The van der Waals surface area contributed by atoms with Crippen molar-refractivity contribution in [1.82, 2.24) is 4.98 Å². The van der Waals surface area contributed by atoms with Gasteiger partial charge in [0.2, 0.25) is 0 Å². The molecule has 0 amide bonds. The van der Waals surface area contributed by atoms with Gasteiger partial charge in [-0.3, -0.25) is 4.79 Å². The first kappa shape index (κ1) is 12.4. The van der Waals surface area contributed by atoms with Gasteiger partial charge in [-0.15, -0.1) is 0 Å². The van der Waals surface area contributed by atoms with Crippen molar-refractivity contribution in [3.8, 4) is 0 Å². The molecule has 3 rings (SSSR count). The van der Waals surface area contributed by atoms with Crippen LogP contribution < -0.4 is 0 Å². The molecule has 0 aliphatic heterocycles. The molecule has 94 valence electrons. The predicted molar refractivity (Wildman–Crippen MR) is 77.7 cm³/mol. The summed E-state index contributed by atoms with van der Waals surface area (Å²) < 4.78 is 6.55. The molecule has 0 aliphatic carbocycles. The van der Waals surface area contributed by atoms with Gasteiger partial charge in [0.15, 0.2) is 11.9 Å². The van der Waals surface area contributed by atoms with Gasteiger partial charge in [-0.05, 0) is 42.1 Å². The number of aldehydes is 1. The lowest BCUT2D eigenvalue weighted by Gasteiger charge is -2.01. The molecule has 0 N–H and O–H groups in total. The average Bonchev–Trinajstić information content (AvgIpc) is 2.81. The highest BCUT2D eigenvalue weighted by atomic mass is 79.9. The van der Waals surface area contributed by atoms with E-state index in [0.717, 1.165) is 26.8 Å². The summed E-state index contributed by atoms with van der Waals surface area (Å²) in [5.41, 5.74) is 2.18. The molecule has 0 atom stereocenters. The Bertz CT molecular complexity index is 721. The van der Waals surface area contributed by atoms with Crippen molar-refractivity contribution in [1.29, 1.82) is 0 Å². The van der Waals surface area contributed by atoms with Gasteiger partial charge >= 0.3 is 0 Å². The van der Waals surface area contributed by atoms with Gasteiger partial charge in [0, 0.05) is 14.9 Å². The number of halogens is 1. The molecule has 0 aliphatic rings. The van der Waals surface area contributed by atoms with Crippen LogP contribution in [0, 0.1) is 0 Å². The minimum Gasteiger partial charge on any atom is -0.431 e. The molecule has 5 heteroatoms. The van der Waals surface area contributed by atoms with Crippen molar-refractivity contribution >= 4 is 45.1 Å². The summed E-state index contributed by atoms with van der Waals surface area (Å²) in [5.74, 6) is 0. The van der Waals surface area contributed by atoms with Gasteiger partial charge in [0.1, 0.15) is 5.52 Å². The van der Waals surface area contributed by atoms with E-state index in [1.54, 1.807) is 6.07 Å². The molecule has 1 heterocycles. The molecule has 0 radical (unpaired) electrons. The highest BCUT2D eigenvalue weighted by Gasteiger charge is 2.10. The number of oxazole rings is 1. The molecule has 0 unspecified atom stereocenters. The van der Waals surface area contributed by atoms with Crippen LogP contribution in [0.5, 0.6) is 0 Å². The highest BCUT2D eigenvalue weighted by molar-refractivity contribution is 9.10. The maximum absolute atomic E-state index is 11.0. The largest absolute Gasteiger partial charge is 0.431 e. The van der Waals surface area contributed by atoms with Crippen LogP contribution in [0.15, 0.2) is 61.5 Å². The molecular formula is C14H8BrNO2S. The van der Waals surface area contributed by atoms with Crippen LogP contribution in [0.25, 0.3) is 11.1 Å². The van der Waals surface area contributed by atoms with Crippen LogP contribution in [0.4, 0.5) is 0 Å². The first-order valence-corrected chi connectivity index (χ1v) is 7.15. The fraction of sp³-hybridized carbons (Fsp3) is 0. The smallest absolute Gasteiger partial charge is 0.261 e. The van der Waals surface area contributed by atoms with Crippen LogP contribution in [0.1, 0.15) is 10.4 Å². The number of carbonyl (C=O) groups excluding carboxylic acids is 1. The van der Waals surface area contributed by atoms with Gasteiger partial charge < -0.3 is 4.42 Å². The fourth-order valence-corrected chi connectivity index (χ4v) is 3.08. The molecule has 0 spiro atoms. The first-order valence-electron chi connectivity index (χ1n) is 5.54. The Morgan fingerprint density at radius 2 is 2.05 bits per heavy atom. The van der Waals surface area contributed by atoms with E-state index >= 15 is 0 Å². The lowest BCUT2D eigenvalue weighted by Crippen LogP contribution is -1.85. The Morgan fingerprint density at radius 3 is 2.84 bits per heavy atom. The Labute approximate surface area is 122 Å². The van der Waals surface area contributed by atoms with Gasteiger partial charge in [-0.25, -0.2) is 4.98 Å². The molecule has 0 fully saturated rings. The number of carbonyl (C=O) groups is 1. The fourth-order valence-electron chi connectivity index (χ4n) is 1.68. The Kier molecular flexibility index (Phi) is 3.40. The monoisotopic (exact) mass is 333 g/mol. The lowest BCUT2D eigenvalue weighted by atomic mass is 10.2. The molecule has 3 nitrogen and oxygen atoms in total. The lowest BCUT2D eigenvalue weighted by molar-refractivity contribution is 0.112. The Hall–Kier alpha value is -1.59. The van der Waals surface area contributed by atoms with E-state index in [4.69, 9.17) is 4.42 Å². The van der Waals surface area contributed by atoms with Crippen LogP contribution in [-0.2, 0) is 0 Å². The van der Waals surface area contributed by atoms with E-state index < -0.39 is 0 Å². The maximum Gasteiger partial charge on any atom is 0.261 e. The van der Waals surface area contributed by atoms with Crippen molar-refractivity contribution in [3.05, 3.63) is 52.5 Å². The molecular weight excluding hydrogens is 326 g/mol. The number of fused-ring (bicyclic) bond motifs is 1. The van der Waals surface area contributed by atoms with Gasteiger partial charge in [0.25, 0.3) is 5.22 Å². The molecule has 0 saturated heterocycles. The normalized spacial score (nSPS) is 10.8. The topological polar surface area (TPSA) is 43.1 Å². The van der Waals surface area contributed by atoms with Crippen molar-refractivity contribution in [2.75, 3.05) is 0 Å². The molecule has 3 aromatic rings. The number of nitrogens with zero attached hydrogens (tertiary/aromatic N) is 1. The van der Waals surface area contributed by atoms with Crippen LogP contribution in [0.3, 0.4) is 0 Å². The zero-order valence-corrected chi connectivity index (χ0v) is 12.1. The third-order valence-electron chi connectivity index (χ3n) is 2.57. The van der Waals surface area contributed by atoms with Gasteiger partial charge in [0.05, 0.1) is 0 Å². The van der Waals surface area contributed by atoms with E-state index in [1.807, 2.05) is 36.4 Å². The number of hydrogen-bond acceptors (Lipinski definition) is 4. The summed E-state index contributed by atoms with van der Waals surface area (Å²) in [7, 11) is 0. The number of aromatic nitrogens is 1. The van der Waals surface area contributed by atoms with Gasteiger partial charge in [-0.1, -0.05) is 28.1 Å². The minimum atomic E-state index is 0.530. The number of hydrogen-bond donors (Lipinski definition) is 0. The zero-order chi connectivity index (χ0) is 13.2. The second kappa shape index (κ2) is 5.19. The number of benzene rings is 2. The van der Waals surface area contributed by atoms with Gasteiger partial charge in [-0.2, -0.15) is 0 Å². The quantitative estimate of drug-likeness (QED) is 0.659. The third kappa shape index (κ3) is 2.57. The molecule has 19 heavy (non-hydrogen) atoms. The van der Waals surface area contributed by atoms with E-state index in [2.05, 4.69) is 20.9 Å². The summed E-state index contributed by atoms with van der Waals surface area (Å²) in [6.45, 7) is 0. The van der Waals surface area contributed by atoms with Crippen molar-refractivity contribution in [2.24, 2.45) is 0 Å². The standard InChI is InChI=1S/C14H8BrNO2S/c15-10-6-5-9(8-17)13(7-10)19-14-16-11-3-1-2-4-12(11)18-14/h1-8H. The van der Waals surface area contributed by atoms with E-state index in [0.29, 0.717) is 10.8 Å². The molecule has 1 aromatic heterocycles. The highest BCUT2D eigenvalue weighted by Crippen LogP contribution is 2.33. The number of para-hydroxylation sites is 2. The van der Waals surface area contributed by atoms with E-state index in [1.165, 1.54) is 11.8 Å². The zero-order valence-electron chi connectivity index (χ0n) is 9.67. The molecule has 0 bridgehead atoms. The predicted octanol–water partition coefficient (Wildman–Crippen LogP) is 4.55. The minimum absolute atomic E-state index is 0.530. The average molecular weight is 334 g/mol. The maximum atomic E-state index is 11.0. The van der Waals surface area contributed by atoms with Crippen molar-refractivity contribution in [3.63, 3.8) is 0 Å². The third-order valence-corrected chi connectivity index (χ3v) is 3.99. The van der Waals surface area contributed by atoms with E-state index in [9.17, 15) is 4.79 Å². The summed E-state index contributed by atoms with van der Waals surface area (Å²) in [4.78, 5) is 16.2. The molecule has 2 aromatic carbocycles. The molecule has 0 saturated carbocycles. The van der Waals surface area contributed by atoms with Crippen molar-refractivity contribution in [2.45, 2.75) is 10.1 Å². The summed E-state index contributed by atoms with van der Waals surface area (Å²) in [6.07, 6.45) is 0.831. The SMILES string of the molecule is O=Cc1ccc(Br)cc1Sc1nc2ccccc2o1. The van der Waals surface area contributed by atoms with Crippen LogP contribution >= 0.6 is 27.7 Å². The Balaban J connectivity index is 2.00. The second-order valence-corrected chi connectivity index (χ2v) is 5.76. The number of rotatable bonds is 3. The van der Waals surface area contributed by atoms with Crippen LogP contribution in [-0.4, -0.2) is 11.3 Å². The summed E-state index contributed by atoms with van der Waals surface area (Å²) in [5, 5.41) is 0.530. The van der Waals surface area contributed by atoms with E-state index in [-0.39, 0.29) is 0 Å². The Morgan fingerprint density at radius 1 is 1.21 bits per heavy atom. The first-order chi connectivity index (χ1) is 9.26. The van der Waals surface area contributed by atoms with Crippen molar-refractivity contribution < 1.29 is 9.21 Å².